The van der Waals surface area contributed by atoms with Crippen LogP contribution in [0.5, 0.6) is 0 Å². The lowest BCUT2D eigenvalue weighted by molar-refractivity contribution is -0.147. The van der Waals surface area contributed by atoms with Crippen molar-refractivity contribution < 1.29 is 14.3 Å². The third-order valence-electron chi connectivity index (χ3n) is 3.99. The van der Waals surface area contributed by atoms with Gasteiger partial charge in [0.2, 0.25) is 0 Å². The molecule has 0 radical (unpaired) electrons. The molecule has 1 amide bonds. The highest BCUT2D eigenvalue weighted by molar-refractivity contribution is 7.15. The number of amides is 1. The minimum absolute atomic E-state index is 0.0779. The second kappa shape index (κ2) is 8.10. The van der Waals surface area contributed by atoms with Crippen molar-refractivity contribution in [2.75, 3.05) is 13.2 Å². The molecule has 1 aliphatic rings. The van der Waals surface area contributed by atoms with Crippen LogP contribution in [0, 0.1) is 0 Å². The number of esters is 1. The van der Waals surface area contributed by atoms with Crippen LogP contribution in [-0.2, 0) is 20.7 Å². The summed E-state index contributed by atoms with van der Waals surface area (Å²) >= 11 is 1.51. The molecule has 1 N–H and O–H groups in total. The molecule has 0 unspecified atom stereocenters. The molecule has 2 aromatic rings. The topological polar surface area (TPSA) is 72.7 Å². The average Bonchev–Trinajstić information content (AvgIpc) is 3.15. The first-order valence-electron chi connectivity index (χ1n) is 8.22. The summed E-state index contributed by atoms with van der Waals surface area (Å²) in [6.45, 7) is 0.361. The summed E-state index contributed by atoms with van der Waals surface area (Å²) in [6, 6.07) is 0. The Morgan fingerprint density at radius 3 is 3.08 bits per heavy atom. The number of aromatic nitrogens is 2. The first kappa shape index (κ1) is 16.7. The summed E-state index contributed by atoms with van der Waals surface area (Å²) in [5, 5.41) is 4.72. The highest BCUT2D eigenvalue weighted by atomic mass is 32.1. The van der Waals surface area contributed by atoms with Gasteiger partial charge in [0.05, 0.1) is 12.1 Å². The maximum atomic E-state index is 11.8. The number of nitrogens with zero attached hydrogens (tertiary/aromatic N) is 2. The molecule has 0 aliphatic heterocycles. The van der Waals surface area contributed by atoms with E-state index in [1.807, 2.05) is 16.0 Å². The Kier molecular flexibility index (Phi) is 5.63. The van der Waals surface area contributed by atoms with Crippen LogP contribution in [0.15, 0.2) is 29.4 Å². The van der Waals surface area contributed by atoms with E-state index in [1.165, 1.54) is 29.8 Å². The van der Waals surface area contributed by atoms with Crippen LogP contribution < -0.4 is 5.32 Å². The lowest BCUT2D eigenvalue weighted by atomic mass is 9.97. The molecule has 0 aromatic carbocycles. The van der Waals surface area contributed by atoms with Gasteiger partial charge < -0.3 is 10.1 Å². The van der Waals surface area contributed by atoms with Crippen LogP contribution in [-0.4, -0.2) is 34.4 Å². The molecule has 24 heavy (non-hydrogen) atoms. The molecule has 0 bridgehead atoms. The zero-order valence-corrected chi connectivity index (χ0v) is 14.3. The SMILES string of the molecule is O=C(COC(=O)Cc1cn2ccsc2n1)NCCC1=CCCCC1. The average molecular weight is 347 g/mol. The second-order valence-corrected chi connectivity index (χ2v) is 6.74. The zero-order chi connectivity index (χ0) is 16.8. The molecule has 7 heteroatoms. The molecule has 0 spiro atoms. The highest BCUT2D eigenvalue weighted by Crippen LogP contribution is 2.19. The Morgan fingerprint density at radius 2 is 2.29 bits per heavy atom. The molecule has 0 atom stereocenters. The van der Waals surface area contributed by atoms with Crippen molar-refractivity contribution in [2.24, 2.45) is 0 Å². The van der Waals surface area contributed by atoms with Gasteiger partial charge in [-0.25, -0.2) is 4.98 Å². The summed E-state index contributed by atoms with van der Waals surface area (Å²) in [5.41, 5.74) is 2.06. The number of carbonyl (C=O) groups excluding carboxylic acids is 2. The van der Waals surface area contributed by atoms with Crippen molar-refractivity contribution in [3.05, 3.63) is 35.1 Å². The van der Waals surface area contributed by atoms with Crippen molar-refractivity contribution in [3.63, 3.8) is 0 Å². The monoisotopic (exact) mass is 347 g/mol. The second-order valence-electron chi connectivity index (χ2n) is 5.87. The highest BCUT2D eigenvalue weighted by Gasteiger charge is 2.12. The van der Waals surface area contributed by atoms with E-state index in [-0.39, 0.29) is 18.9 Å². The maximum Gasteiger partial charge on any atom is 0.312 e. The van der Waals surface area contributed by atoms with E-state index in [0.717, 1.165) is 24.2 Å². The lowest BCUT2D eigenvalue weighted by Crippen LogP contribution is -2.30. The number of rotatable bonds is 7. The standard InChI is InChI=1S/C17H21N3O3S/c21-15(18-7-6-13-4-2-1-3-5-13)12-23-16(22)10-14-11-20-8-9-24-17(20)19-14/h4,8-9,11H,1-3,5-7,10,12H2,(H,18,21). The molecule has 0 fully saturated rings. The first-order chi connectivity index (χ1) is 11.7. The third-order valence-corrected chi connectivity index (χ3v) is 4.76. The van der Waals surface area contributed by atoms with E-state index < -0.39 is 5.97 Å². The van der Waals surface area contributed by atoms with Crippen molar-refractivity contribution >= 4 is 28.2 Å². The van der Waals surface area contributed by atoms with Crippen LogP contribution in [0.2, 0.25) is 0 Å². The zero-order valence-electron chi connectivity index (χ0n) is 13.5. The number of ether oxygens (including phenoxy) is 1. The number of fused-ring (bicyclic) bond motifs is 1. The van der Waals surface area contributed by atoms with Gasteiger partial charge in [-0.3, -0.25) is 14.0 Å². The number of hydrogen-bond donors (Lipinski definition) is 1. The largest absolute Gasteiger partial charge is 0.455 e. The number of nitrogens with one attached hydrogen (secondary N) is 1. The Hall–Kier alpha value is -2.15. The smallest absolute Gasteiger partial charge is 0.312 e. The van der Waals surface area contributed by atoms with E-state index in [0.29, 0.717) is 12.2 Å². The minimum Gasteiger partial charge on any atom is -0.455 e. The fourth-order valence-corrected chi connectivity index (χ4v) is 3.47. The van der Waals surface area contributed by atoms with Crippen LogP contribution >= 0.6 is 11.3 Å². The summed E-state index contributed by atoms with van der Waals surface area (Å²) < 4.78 is 6.87. The van der Waals surface area contributed by atoms with Gasteiger partial charge in [-0.1, -0.05) is 11.6 Å². The van der Waals surface area contributed by atoms with Gasteiger partial charge in [-0.15, -0.1) is 11.3 Å². The molecule has 1 aliphatic carbocycles. The number of thiazole rings is 1. The number of carbonyl (C=O) groups is 2. The predicted molar refractivity (Wildman–Crippen MR) is 91.9 cm³/mol. The lowest BCUT2D eigenvalue weighted by Gasteiger charge is -2.12. The first-order valence-corrected chi connectivity index (χ1v) is 9.10. The minimum atomic E-state index is -0.439. The number of imidazole rings is 1. The molecule has 0 saturated carbocycles. The van der Waals surface area contributed by atoms with E-state index in [4.69, 9.17) is 4.74 Å². The molecule has 2 aromatic heterocycles. The van der Waals surface area contributed by atoms with Gasteiger partial charge in [-0.2, -0.15) is 0 Å². The summed E-state index contributed by atoms with van der Waals surface area (Å²) in [5.74, 6) is -0.698. The normalized spacial score (nSPS) is 14.4. The van der Waals surface area contributed by atoms with Crippen LogP contribution in [0.1, 0.15) is 37.8 Å². The van der Waals surface area contributed by atoms with Crippen molar-refractivity contribution in [1.82, 2.24) is 14.7 Å². The maximum absolute atomic E-state index is 11.8. The fraction of sp³-hybridized carbons (Fsp3) is 0.471. The van der Waals surface area contributed by atoms with Crippen LogP contribution in [0.4, 0.5) is 0 Å². The summed E-state index contributed by atoms with van der Waals surface area (Å²) in [4.78, 5) is 28.7. The van der Waals surface area contributed by atoms with Crippen molar-refractivity contribution in [1.29, 1.82) is 0 Å². The number of allylic oxidation sites excluding steroid dienone is 1. The van der Waals surface area contributed by atoms with Crippen molar-refractivity contribution in [3.8, 4) is 0 Å². The third kappa shape index (κ3) is 4.67. The molecule has 6 nitrogen and oxygen atoms in total. The van der Waals surface area contributed by atoms with E-state index in [9.17, 15) is 9.59 Å². The Bertz CT molecular complexity index is 719. The van der Waals surface area contributed by atoms with Crippen LogP contribution in [0.3, 0.4) is 0 Å². The molecule has 0 saturated heterocycles. The Morgan fingerprint density at radius 1 is 1.38 bits per heavy atom. The Labute approximate surface area is 144 Å². The van der Waals surface area contributed by atoms with Crippen LogP contribution in [0.25, 0.3) is 4.96 Å². The van der Waals surface area contributed by atoms with Gasteiger partial charge >= 0.3 is 5.97 Å². The molecule has 2 heterocycles. The number of hydrogen-bond acceptors (Lipinski definition) is 5. The van der Waals surface area contributed by atoms with Crippen molar-refractivity contribution in [2.45, 2.75) is 38.5 Å². The van der Waals surface area contributed by atoms with Gasteiger partial charge in [0.1, 0.15) is 0 Å². The molecular weight excluding hydrogens is 326 g/mol. The summed E-state index contributed by atoms with van der Waals surface area (Å²) in [6.07, 6.45) is 11.7. The van der Waals surface area contributed by atoms with Gasteiger partial charge in [0.25, 0.3) is 5.91 Å². The van der Waals surface area contributed by atoms with E-state index in [1.54, 1.807) is 6.20 Å². The molecule has 128 valence electrons. The quantitative estimate of drug-likeness (QED) is 0.617. The van der Waals surface area contributed by atoms with E-state index in [2.05, 4.69) is 16.4 Å². The molecule has 3 rings (SSSR count). The van der Waals surface area contributed by atoms with Gasteiger partial charge in [0, 0.05) is 24.3 Å². The van der Waals surface area contributed by atoms with E-state index >= 15 is 0 Å². The fourth-order valence-electron chi connectivity index (χ4n) is 2.75. The summed E-state index contributed by atoms with van der Waals surface area (Å²) in [7, 11) is 0. The van der Waals surface area contributed by atoms with Gasteiger partial charge in [-0.05, 0) is 32.1 Å². The molecular formula is C17H21N3O3S. The Balaban J connectivity index is 1.33. The predicted octanol–water partition coefficient (Wildman–Crippen LogP) is 2.49. The van der Waals surface area contributed by atoms with Gasteiger partial charge in [0.15, 0.2) is 11.6 Å².